The van der Waals surface area contributed by atoms with Gasteiger partial charge in [0.2, 0.25) is 21.1 Å². The summed E-state index contributed by atoms with van der Waals surface area (Å²) < 4.78 is 74.7. The second-order valence-electron chi connectivity index (χ2n) is 9.14. The molecule has 3 aromatic carbocycles. The third-order valence-corrected chi connectivity index (χ3v) is 8.86. The summed E-state index contributed by atoms with van der Waals surface area (Å²) in [5, 5.41) is 2.42. The molecule has 228 valence electrons. The lowest BCUT2D eigenvalue weighted by Gasteiger charge is -2.15. The van der Waals surface area contributed by atoms with Crippen LogP contribution in [-0.2, 0) is 30.9 Å². The van der Waals surface area contributed by atoms with Crippen LogP contribution in [0.5, 0.6) is 11.5 Å². The van der Waals surface area contributed by atoms with Crippen LogP contribution in [0.3, 0.4) is 0 Å². The smallest absolute Gasteiger partial charge is 0.337 e. The number of ether oxygens (including phenoxy) is 1. The third kappa shape index (κ3) is 9.59. The topological polar surface area (TPSA) is 169 Å². The summed E-state index contributed by atoms with van der Waals surface area (Å²) >= 11 is 4.35. The lowest BCUT2D eigenvalue weighted by molar-refractivity contribution is 0.254. The number of hydrogen-bond donors (Lipinski definition) is 4. The standard InChI is InChI=1S/C26H31ClN4O8S3/c1-17-9-10-23(18(2)13-17)38-12-6-11-28-42(36,37)20-8-5-7-19(14-20)29-26(32)31-30-22-15-21(27)24(39-40(3)33)16-25(22)41(4,34)35/h5,7-10,13-16,28,30H,6,11-12H2,1-4H3,(H2,29,31,32). The molecule has 0 spiro atoms. The number of aryl methyl sites for hydroxylation is 2. The highest BCUT2D eigenvalue weighted by Gasteiger charge is 2.20. The first-order chi connectivity index (χ1) is 19.7. The van der Waals surface area contributed by atoms with Crippen LogP contribution in [0.4, 0.5) is 16.2 Å². The summed E-state index contributed by atoms with van der Waals surface area (Å²) in [6, 6.07) is 12.8. The number of sulfonamides is 1. The minimum absolute atomic E-state index is 0.0514. The molecule has 3 aromatic rings. The molecule has 0 saturated heterocycles. The predicted octanol–water partition coefficient (Wildman–Crippen LogP) is 3.93. The van der Waals surface area contributed by atoms with E-state index in [0.29, 0.717) is 13.0 Å². The number of benzene rings is 3. The van der Waals surface area contributed by atoms with E-state index in [-0.39, 0.29) is 38.5 Å². The van der Waals surface area contributed by atoms with Gasteiger partial charge in [0.15, 0.2) is 15.6 Å². The Morgan fingerprint density at radius 2 is 1.74 bits per heavy atom. The van der Waals surface area contributed by atoms with Gasteiger partial charge in [0, 0.05) is 30.8 Å². The maximum Gasteiger partial charge on any atom is 0.337 e. The number of sulfone groups is 1. The highest BCUT2D eigenvalue weighted by Crippen LogP contribution is 2.34. The first-order valence-electron chi connectivity index (χ1n) is 12.3. The zero-order chi connectivity index (χ0) is 31.1. The largest absolute Gasteiger partial charge is 0.493 e. The molecule has 0 radical (unpaired) electrons. The van der Waals surface area contributed by atoms with Gasteiger partial charge in [0.1, 0.15) is 5.75 Å². The fourth-order valence-corrected chi connectivity index (χ4v) is 6.25. The molecule has 0 aliphatic carbocycles. The van der Waals surface area contributed by atoms with E-state index < -0.39 is 37.0 Å². The summed E-state index contributed by atoms with van der Waals surface area (Å²) in [5.74, 6) is 0.624. The molecule has 0 aromatic heterocycles. The number of urea groups is 1. The molecule has 0 aliphatic heterocycles. The minimum atomic E-state index is -3.88. The van der Waals surface area contributed by atoms with Crippen molar-refractivity contribution in [3.05, 3.63) is 70.7 Å². The maximum atomic E-state index is 12.8. The number of carbonyl (C=O) groups is 1. The molecule has 12 nitrogen and oxygen atoms in total. The van der Waals surface area contributed by atoms with E-state index in [1.807, 2.05) is 32.0 Å². The van der Waals surface area contributed by atoms with Crippen molar-refractivity contribution >= 4 is 59.9 Å². The van der Waals surface area contributed by atoms with Crippen LogP contribution in [0.1, 0.15) is 17.5 Å². The lowest BCUT2D eigenvalue weighted by Crippen LogP contribution is -2.34. The van der Waals surface area contributed by atoms with Crippen LogP contribution < -0.4 is 29.8 Å². The molecular formula is C26H31ClN4O8S3. The molecule has 0 aliphatic rings. The third-order valence-electron chi connectivity index (χ3n) is 5.55. The molecule has 0 bridgehead atoms. The van der Waals surface area contributed by atoms with Crippen LogP contribution in [0, 0.1) is 13.8 Å². The Labute approximate surface area is 252 Å². The van der Waals surface area contributed by atoms with Gasteiger partial charge < -0.3 is 14.2 Å². The molecule has 4 N–H and O–H groups in total. The Morgan fingerprint density at radius 1 is 1.00 bits per heavy atom. The summed E-state index contributed by atoms with van der Waals surface area (Å²) in [5.41, 5.74) is 6.94. The van der Waals surface area contributed by atoms with Gasteiger partial charge >= 0.3 is 6.03 Å². The van der Waals surface area contributed by atoms with Gasteiger partial charge in [-0.1, -0.05) is 35.4 Å². The quantitative estimate of drug-likeness (QED) is 0.157. The summed E-state index contributed by atoms with van der Waals surface area (Å²) in [7, 11) is -7.70. The predicted molar refractivity (Wildman–Crippen MR) is 163 cm³/mol. The zero-order valence-electron chi connectivity index (χ0n) is 23.2. The molecule has 3 rings (SSSR count). The SMILES string of the molecule is Cc1ccc(OCCCNS(=O)(=O)c2cccc(NC(=O)NNc3cc(Cl)c(OS(C)=O)cc3S(C)(=O)=O)c2)c(C)c1. The number of carbonyl (C=O) groups excluding carboxylic acids is 1. The number of rotatable bonds is 13. The van der Waals surface area contributed by atoms with Crippen molar-refractivity contribution in [3.63, 3.8) is 0 Å². The zero-order valence-corrected chi connectivity index (χ0v) is 26.4. The molecule has 1 atom stereocenters. The van der Waals surface area contributed by atoms with E-state index in [9.17, 15) is 25.8 Å². The average Bonchev–Trinajstić information content (AvgIpc) is 2.89. The summed E-state index contributed by atoms with van der Waals surface area (Å²) in [6.07, 6.45) is 2.61. The molecule has 1 unspecified atom stereocenters. The molecule has 42 heavy (non-hydrogen) atoms. The molecule has 0 saturated carbocycles. The van der Waals surface area contributed by atoms with Crippen LogP contribution in [-0.4, -0.2) is 52.7 Å². The Hall–Kier alpha value is -3.37. The second kappa shape index (κ2) is 14.2. The minimum Gasteiger partial charge on any atom is -0.493 e. The normalized spacial score (nSPS) is 12.3. The number of anilines is 2. The molecule has 2 amide bonds. The Balaban J connectivity index is 1.58. The number of halogens is 1. The highest BCUT2D eigenvalue weighted by molar-refractivity contribution is 7.91. The summed E-state index contributed by atoms with van der Waals surface area (Å²) in [6.45, 7) is 4.39. The fourth-order valence-electron chi connectivity index (χ4n) is 3.66. The summed E-state index contributed by atoms with van der Waals surface area (Å²) in [4.78, 5) is 12.2. The fraction of sp³-hybridized carbons (Fsp3) is 0.269. The highest BCUT2D eigenvalue weighted by atomic mass is 35.5. The van der Waals surface area contributed by atoms with Gasteiger partial charge in [-0.05, 0) is 56.2 Å². The van der Waals surface area contributed by atoms with Crippen LogP contribution in [0.15, 0.2) is 64.4 Å². The average molecular weight is 659 g/mol. The number of amides is 2. The lowest BCUT2D eigenvalue weighted by atomic mass is 10.1. The van der Waals surface area contributed by atoms with E-state index in [1.165, 1.54) is 36.6 Å². The van der Waals surface area contributed by atoms with Crippen LogP contribution in [0.2, 0.25) is 5.02 Å². The molecular weight excluding hydrogens is 628 g/mol. The van der Waals surface area contributed by atoms with E-state index >= 15 is 0 Å². The van der Waals surface area contributed by atoms with Crippen molar-refractivity contribution in [3.8, 4) is 11.5 Å². The van der Waals surface area contributed by atoms with Crippen molar-refractivity contribution in [1.29, 1.82) is 0 Å². The monoisotopic (exact) mass is 658 g/mol. The van der Waals surface area contributed by atoms with E-state index in [0.717, 1.165) is 29.2 Å². The van der Waals surface area contributed by atoms with Gasteiger partial charge in [-0.3, -0.25) is 10.9 Å². The van der Waals surface area contributed by atoms with Gasteiger partial charge in [0.25, 0.3) is 0 Å². The molecule has 16 heteroatoms. The van der Waals surface area contributed by atoms with Crippen molar-refractivity contribution in [2.45, 2.75) is 30.1 Å². The van der Waals surface area contributed by atoms with Gasteiger partial charge in [-0.25, -0.2) is 30.6 Å². The Kier molecular flexibility index (Phi) is 11.2. The maximum absolute atomic E-state index is 12.8. The van der Waals surface area contributed by atoms with Crippen LogP contribution >= 0.6 is 11.6 Å². The number of nitrogens with one attached hydrogen (secondary N) is 4. The van der Waals surface area contributed by atoms with Crippen molar-refractivity contribution in [2.24, 2.45) is 0 Å². The van der Waals surface area contributed by atoms with Gasteiger partial charge in [0.05, 0.1) is 27.1 Å². The van der Waals surface area contributed by atoms with Crippen molar-refractivity contribution in [2.75, 3.05) is 36.4 Å². The van der Waals surface area contributed by atoms with E-state index in [4.69, 9.17) is 20.5 Å². The number of hydrogen-bond acceptors (Lipinski definition) is 9. The van der Waals surface area contributed by atoms with E-state index in [1.54, 1.807) is 0 Å². The van der Waals surface area contributed by atoms with Crippen LogP contribution in [0.25, 0.3) is 0 Å². The first kappa shape index (κ1) is 33.1. The first-order valence-corrected chi connectivity index (χ1v) is 17.6. The van der Waals surface area contributed by atoms with Crippen molar-refractivity contribution < 1.29 is 34.8 Å². The number of hydrazine groups is 1. The Morgan fingerprint density at radius 3 is 2.40 bits per heavy atom. The van der Waals surface area contributed by atoms with E-state index in [2.05, 4.69) is 20.9 Å². The second-order valence-corrected chi connectivity index (χ2v) is 14.3. The van der Waals surface area contributed by atoms with Gasteiger partial charge in [-0.2, -0.15) is 0 Å². The van der Waals surface area contributed by atoms with Crippen molar-refractivity contribution in [1.82, 2.24) is 10.1 Å². The molecule has 0 heterocycles. The van der Waals surface area contributed by atoms with Gasteiger partial charge in [-0.15, -0.1) is 0 Å². The molecule has 0 fully saturated rings. The Bertz CT molecular complexity index is 1700.